The Morgan fingerprint density at radius 2 is 1.88 bits per heavy atom. The van der Waals surface area contributed by atoms with E-state index >= 15 is 0 Å². The quantitative estimate of drug-likeness (QED) is 0.547. The lowest BCUT2D eigenvalue weighted by Gasteiger charge is -2.18. The predicted octanol–water partition coefficient (Wildman–Crippen LogP) is 2.32. The van der Waals surface area contributed by atoms with Gasteiger partial charge in [-0.25, -0.2) is 0 Å². The van der Waals surface area contributed by atoms with E-state index in [0.717, 1.165) is 0 Å². The lowest BCUT2D eigenvalue weighted by molar-refractivity contribution is -0.120. The van der Waals surface area contributed by atoms with E-state index < -0.39 is 23.8 Å². The highest BCUT2D eigenvalue weighted by Crippen LogP contribution is 2.25. The molecule has 138 valence electrons. The Hall–Kier alpha value is -2.39. The second-order valence-electron chi connectivity index (χ2n) is 5.79. The molecule has 0 aliphatic heterocycles. The van der Waals surface area contributed by atoms with E-state index in [9.17, 15) is 14.4 Å². The molecule has 0 unspecified atom stereocenters. The summed E-state index contributed by atoms with van der Waals surface area (Å²) < 4.78 is 0.238. The summed E-state index contributed by atoms with van der Waals surface area (Å²) in [7, 11) is 0. The molecule has 0 radical (unpaired) electrons. The van der Waals surface area contributed by atoms with E-state index in [4.69, 9.17) is 17.3 Å². The summed E-state index contributed by atoms with van der Waals surface area (Å²) in [4.78, 5) is 36.1. The van der Waals surface area contributed by atoms with E-state index in [-0.39, 0.29) is 32.5 Å². The first-order chi connectivity index (χ1) is 12.2. The number of H-pyrrole nitrogens is 1. The number of nitrogens with one attached hydrogen (secondary N) is 3. The monoisotopic (exact) mass is 441 g/mol. The zero-order valence-electron chi connectivity index (χ0n) is 14.0. The number of nitrogens with two attached hydrogens (primary N) is 1. The van der Waals surface area contributed by atoms with Crippen molar-refractivity contribution < 1.29 is 14.4 Å². The van der Waals surface area contributed by atoms with Gasteiger partial charge in [-0.3, -0.25) is 19.5 Å². The molecular weight excluding hydrogens is 426 g/mol. The molecule has 5 N–H and O–H groups in total. The van der Waals surface area contributed by atoms with Gasteiger partial charge >= 0.3 is 0 Å². The zero-order chi connectivity index (χ0) is 19.4. The number of rotatable bonds is 6. The van der Waals surface area contributed by atoms with Crippen LogP contribution in [-0.4, -0.2) is 34.0 Å². The third kappa shape index (κ3) is 4.41. The van der Waals surface area contributed by atoms with Gasteiger partial charge in [0, 0.05) is 0 Å². The SMILES string of the molecule is CC(C)[C@@H](NC(=O)c1[nH]nc(NC(=O)c2ccccc2Cl)c1Br)C(N)=O. The highest BCUT2D eigenvalue weighted by molar-refractivity contribution is 9.10. The van der Waals surface area contributed by atoms with Crippen LogP contribution in [0.15, 0.2) is 28.7 Å². The van der Waals surface area contributed by atoms with Crippen LogP contribution in [-0.2, 0) is 4.79 Å². The Balaban J connectivity index is 2.17. The highest BCUT2D eigenvalue weighted by atomic mass is 79.9. The van der Waals surface area contributed by atoms with Crippen molar-refractivity contribution in [3.63, 3.8) is 0 Å². The molecular formula is C16H17BrClN5O3. The molecule has 2 aromatic rings. The summed E-state index contributed by atoms with van der Waals surface area (Å²) in [6.45, 7) is 3.51. The maximum absolute atomic E-state index is 12.4. The van der Waals surface area contributed by atoms with E-state index in [1.165, 1.54) is 0 Å². The van der Waals surface area contributed by atoms with Crippen molar-refractivity contribution in [2.45, 2.75) is 19.9 Å². The zero-order valence-corrected chi connectivity index (χ0v) is 16.3. The van der Waals surface area contributed by atoms with Crippen molar-refractivity contribution in [2.24, 2.45) is 11.7 Å². The lowest BCUT2D eigenvalue weighted by atomic mass is 10.0. The summed E-state index contributed by atoms with van der Waals surface area (Å²) >= 11 is 9.21. The van der Waals surface area contributed by atoms with Gasteiger partial charge in [-0.15, -0.1) is 0 Å². The molecule has 0 fully saturated rings. The van der Waals surface area contributed by atoms with Gasteiger partial charge in [-0.2, -0.15) is 5.10 Å². The van der Waals surface area contributed by atoms with Crippen LogP contribution in [0.2, 0.25) is 5.02 Å². The summed E-state index contributed by atoms with van der Waals surface area (Å²) in [5.74, 6) is -1.78. The Labute approximate surface area is 163 Å². The smallest absolute Gasteiger partial charge is 0.271 e. The molecule has 1 aromatic heterocycles. The van der Waals surface area contributed by atoms with Crippen molar-refractivity contribution in [3.05, 3.63) is 45.0 Å². The number of aromatic nitrogens is 2. The number of anilines is 1. The van der Waals surface area contributed by atoms with Crippen molar-refractivity contribution >= 4 is 51.1 Å². The van der Waals surface area contributed by atoms with Crippen LogP contribution < -0.4 is 16.4 Å². The van der Waals surface area contributed by atoms with Crippen molar-refractivity contribution in [1.29, 1.82) is 0 Å². The first-order valence-electron chi connectivity index (χ1n) is 7.62. The van der Waals surface area contributed by atoms with Crippen molar-refractivity contribution in [1.82, 2.24) is 15.5 Å². The normalized spacial score (nSPS) is 11.9. The third-order valence-corrected chi connectivity index (χ3v) is 4.65. The molecule has 8 nitrogen and oxygen atoms in total. The minimum atomic E-state index is -0.834. The molecule has 10 heteroatoms. The average Bonchev–Trinajstić information content (AvgIpc) is 2.93. The van der Waals surface area contributed by atoms with Gasteiger partial charge in [0.1, 0.15) is 11.7 Å². The number of aromatic amines is 1. The number of nitrogens with zero attached hydrogens (tertiary/aromatic N) is 1. The Morgan fingerprint density at radius 3 is 2.46 bits per heavy atom. The van der Waals surface area contributed by atoms with Crippen LogP contribution in [0.1, 0.15) is 34.7 Å². The molecule has 0 aliphatic carbocycles. The minimum absolute atomic E-state index is 0.0476. The fraction of sp³-hybridized carbons (Fsp3) is 0.250. The lowest BCUT2D eigenvalue weighted by Crippen LogP contribution is -2.47. The van der Waals surface area contributed by atoms with Crippen LogP contribution in [0.5, 0.6) is 0 Å². The van der Waals surface area contributed by atoms with Crippen LogP contribution >= 0.6 is 27.5 Å². The number of carbonyl (C=O) groups is 3. The van der Waals surface area contributed by atoms with E-state index in [0.29, 0.717) is 0 Å². The standard InChI is InChI=1S/C16H17BrClN5O3/c1-7(2)11(13(19)24)20-16(26)12-10(17)14(23-22-12)21-15(25)8-5-3-4-6-9(8)18/h3-7,11H,1-2H3,(H2,19,24)(H,20,26)(H2,21,22,23,25)/t11-/m1/s1. The molecule has 0 aliphatic rings. The second-order valence-corrected chi connectivity index (χ2v) is 6.99. The first kappa shape index (κ1) is 19.9. The van der Waals surface area contributed by atoms with E-state index in [1.54, 1.807) is 38.1 Å². The van der Waals surface area contributed by atoms with Gasteiger partial charge in [-0.1, -0.05) is 37.6 Å². The van der Waals surface area contributed by atoms with Gasteiger partial charge in [0.2, 0.25) is 5.91 Å². The molecule has 1 aromatic carbocycles. The van der Waals surface area contributed by atoms with Gasteiger partial charge < -0.3 is 16.4 Å². The Kier molecular flexibility index (Phi) is 6.38. The number of amides is 3. The van der Waals surface area contributed by atoms with Crippen LogP contribution in [0.4, 0.5) is 5.82 Å². The number of benzene rings is 1. The number of hydrogen-bond donors (Lipinski definition) is 4. The molecule has 0 spiro atoms. The molecule has 1 atom stereocenters. The second kappa shape index (κ2) is 8.33. The fourth-order valence-electron chi connectivity index (χ4n) is 2.16. The molecule has 0 saturated carbocycles. The van der Waals surface area contributed by atoms with Gasteiger partial charge in [-0.05, 0) is 34.0 Å². The first-order valence-corrected chi connectivity index (χ1v) is 8.79. The Morgan fingerprint density at radius 1 is 1.23 bits per heavy atom. The molecule has 0 bridgehead atoms. The largest absolute Gasteiger partial charge is 0.368 e. The number of hydrogen-bond acceptors (Lipinski definition) is 4. The molecule has 0 saturated heterocycles. The number of primary amides is 1. The molecule has 26 heavy (non-hydrogen) atoms. The number of carbonyl (C=O) groups excluding carboxylic acids is 3. The maximum Gasteiger partial charge on any atom is 0.271 e. The summed E-state index contributed by atoms with van der Waals surface area (Å²) in [5, 5.41) is 11.8. The van der Waals surface area contributed by atoms with E-state index in [2.05, 4.69) is 36.8 Å². The summed E-state index contributed by atoms with van der Waals surface area (Å²) in [6, 6.07) is 5.70. The van der Waals surface area contributed by atoms with Gasteiger partial charge in [0.05, 0.1) is 15.1 Å². The number of halogens is 2. The highest BCUT2D eigenvalue weighted by Gasteiger charge is 2.26. The van der Waals surface area contributed by atoms with Crippen LogP contribution in [0.25, 0.3) is 0 Å². The summed E-state index contributed by atoms with van der Waals surface area (Å²) in [6.07, 6.45) is 0. The van der Waals surface area contributed by atoms with Gasteiger partial charge in [0.25, 0.3) is 11.8 Å². The third-order valence-electron chi connectivity index (χ3n) is 3.54. The maximum atomic E-state index is 12.4. The van der Waals surface area contributed by atoms with E-state index in [1.807, 2.05) is 0 Å². The average molecular weight is 443 g/mol. The molecule has 3 amide bonds. The van der Waals surface area contributed by atoms with Crippen molar-refractivity contribution in [3.8, 4) is 0 Å². The fourth-order valence-corrected chi connectivity index (χ4v) is 2.84. The molecule has 2 rings (SSSR count). The topological polar surface area (TPSA) is 130 Å². The Bertz CT molecular complexity index is 852. The van der Waals surface area contributed by atoms with Crippen LogP contribution in [0.3, 0.4) is 0 Å². The minimum Gasteiger partial charge on any atom is -0.368 e. The van der Waals surface area contributed by atoms with Crippen molar-refractivity contribution in [2.75, 3.05) is 5.32 Å². The summed E-state index contributed by atoms with van der Waals surface area (Å²) in [5.41, 5.74) is 5.61. The predicted molar refractivity (Wildman–Crippen MR) is 101 cm³/mol. The van der Waals surface area contributed by atoms with Crippen LogP contribution in [0, 0.1) is 5.92 Å². The molecule has 1 heterocycles. The van der Waals surface area contributed by atoms with Gasteiger partial charge in [0.15, 0.2) is 5.82 Å².